The van der Waals surface area contributed by atoms with E-state index in [-0.39, 0.29) is 36.5 Å². The van der Waals surface area contributed by atoms with Crippen molar-refractivity contribution >= 4 is 29.3 Å². The Balaban J connectivity index is 1.74. The fraction of sp³-hybridized carbons (Fsp3) is 0.357. The molecule has 2 unspecified atom stereocenters. The van der Waals surface area contributed by atoms with Crippen LogP contribution >= 0.6 is 11.3 Å². The van der Waals surface area contributed by atoms with Gasteiger partial charge in [0, 0.05) is 11.8 Å². The van der Waals surface area contributed by atoms with Crippen molar-refractivity contribution in [2.45, 2.75) is 52.3 Å². The molecule has 2 aromatic carbocycles. The van der Waals surface area contributed by atoms with Crippen molar-refractivity contribution in [3.05, 3.63) is 87.9 Å². The minimum Gasteiger partial charge on any atom is -0.461 e. The quantitative estimate of drug-likeness (QED) is 0.321. The molecule has 1 aromatic heterocycles. The highest BCUT2D eigenvalue weighted by molar-refractivity contribution is 7.11. The maximum Gasteiger partial charge on any atom is 0.408 e. The SMILES string of the molecule is CCOC(=O)c1nc(C(CC(C)C)NC(=O)C(Cc2ccccc2)NC(=O)OCc2ccccc2)cs1. The molecule has 2 amide bonds. The molecule has 0 aliphatic heterocycles. The number of rotatable bonds is 12. The molecular formula is C28H33N3O5S. The van der Waals surface area contributed by atoms with Crippen molar-refractivity contribution in [1.82, 2.24) is 15.6 Å². The smallest absolute Gasteiger partial charge is 0.408 e. The van der Waals surface area contributed by atoms with Crippen molar-refractivity contribution in [2.75, 3.05) is 6.61 Å². The van der Waals surface area contributed by atoms with E-state index in [4.69, 9.17) is 9.47 Å². The standard InChI is InChI=1S/C28H33N3O5S/c1-4-35-27(33)26-30-24(18-37-26)22(15-19(2)3)29-25(32)23(16-20-11-7-5-8-12-20)31-28(34)36-17-21-13-9-6-10-14-21/h5-14,18-19,22-23H,4,15-17H2,1-3H3,(H,29,32)(H,31,34). The predicted octanol–water partition coefficient (Wildman–Crippen LogP) is 5.06. The monoisotopic (exact) mass is 523 g/mol. The van der Waals surface area contributed by atoms with Crippen LogP contribution in [-0.4, -0.2) is 35.6 Å². The normalized spacial score (nSPS) is 12.4. The molecule has 2 atom stereocenters. The molecule has 8 nitrogen and oxygen atoms in total. The van der Waals surface area contributed by atoms with E-state index in [1.54, 1.807) is 12.3 Å². The number of ether oxygens (including phenoxy) is 2. The van der Waals surface area contributed by atoms with Crippen LogP contribution < -0.4 is 10.6 Å². The van der Waals surface area contributed by atoms with Gasteiger partial charge in [-0.05, 0) is 30.4 Å². The van der Waals surface area contributed by atoms with E-state index in [1.165, 1.54) is 11.3 Å². The number of nitrogens with one attached hydrogen (secondary N) is 2. The van der Waals surface area contributed by atoms with Gasteiger partial charge in [0.15, 0.2) is 0 Å². The number of hydrogen-bond donors (Lipinski definition) is 2. The summed E-state index contributed by atoms with van der Waals surface area (Å²) in [7, 11) is 0. The summed E-state index contributed by atoms with van der Waals surface area (Å²) in [5.41, 5.74) is 2.32. The molecule has 0 fully saturated rings. The largest absolute Gasteiger partial charge is 0.461 e. The molecule has 3 rings (SSSR count). The highest BCUT2D eigenvalue weighted by atomic mass is 32.1. The molecule has 37 heavy (non-hydrogen) atoms. The number of carbonyl (C=O) groups excluding carboxylic acids is 3. The lowest BCUT2D eigenvalue weighted by molar-refractivity contribution is -0.124. The zero-order valence-corrected chi connectivity index (χ0v) is 22.1. The maximum atomic E-state index is 13.5. The average Bonchev–Trinajstić information content (AvgIpc) is 3.38. The number of alkyl carbamates (subject to hydrolysis) is 1. The first-order valence-electron chi connectivity index (χ1n) is 12.3. The molecule has 0 saturated carbocycles. The number of nitrogens with zero attached hydrogens (tertiary/aromatic N) is 1. The summed E-state index contributed by atoms with van der Waals surface area (Å²) < 4.78 is 10.4. The number of esters is 1. The second-order valence-electron chi connectivity index (χ2n) is 8.94. The van der Waals surface area contributed by atoms with Crippen LogP contribution in [0, 0.1) is 5.92 Å². The molecule has 196 valence electrons. The molecule has 3 aromatic rings. The van der Waals surface area contributed by atoms with Gasteiger partial charge in [-0.2, -0.15) is 0 Å². The summed E-state index contributed by atoms with van der Waals surface area (Å²) in [6, 6.07) is 17.5. The minimum absolute atomic E-state index is 0.0950. The second-order valence-corrected chi connectivity index (χ2v) is 9.80. The second kappa shape index (κ2) is 14.1. The first-order chi connectivity index (χ1) is 17.9. The van der Waals surface area contributed by atoms with E-state index in [1.807, 2.05) is 74.5 Å². The van der Waals surface area contributed by atoms with E-state index < -0.39 is 24.1 Å². The third-order valence-corrected chi connectivity index (χ3v) is 6.30. The summed E-state index contributed by atoms with van der Waals surface area (Å²) in [6.07, 6.45) is 0.208. The van der Waals surface area contributed by atoms with Gasteiger partial charge in [0.05, 0.1) is 18.3 Å². The predicted molar refractivity (Wildman–Crippen MR) is 142 cm³/mol. The lowest BCUT2D eigenvalue weighted by Crippen LogP contribution is -2.49. The Kier molecular flexibility index (Phi) is 10.6. The fourth-order valence-electron chi connectivity index (χ4n) is 3.70. The highest BCUT2D eigenvalue weighted by Crippen LogP contribution is 2.24. The molecule has 0 aliphatic rings. The molecule has 0 aliphatic carbocycles. The summed E-state index contributed by atoms with van der Waals surface area (Å²) in [4.78, 5) is 42.6. The number of benzene rings is 2. The van der Waals surface area contributed by atoms with E-state index in [0.717, 1.165) is 11.1 Å². The lowest BCUT2D eigenvalue weighted by Gasteiger charge is -2.24. The van der Waals surface area contributed by atoms with Crippen LogP contribution in [-0.2, 0) is 27.3 Å². The zero-order chi connectivity index (χ0) is 26.6. The Bertz CT molecular complexity index is 1150. The summed E-state index contributed by atoms with van der Waals surface area (Å²) in [5.74, 6) is -0.607. The molecular weight excluding hydrogens is 490 g/mol. The van der Waals surface area contributed by atoms with Gasteiger partial charge < -0.3 is 20.1 Å². The third-order valence-electron chi connectivity index (χ3n) is 5.46. The van der Waals surface area contributed by atoms with Gasteiger partial charge in [-0.1, -0.05) is 74.5 Å². The first-order valence-corrected chi connectivity index (χ1v) is 13.2. The Labute approximate surface area is 221 Å². The Morgan fingerprint density at radius 2 is 1.57 bits per heavy atom. The lowest BCUT2D eigenvalue weighted by atomic mass is 10.00. The van der Waals surface area contributed by atoms with Crippen molar-refractivity contribution in [1.29, 1.82) is 0 Å². The van der Waals surface area contributed by atoms with Crippen molar-refractivity contribution in [2.24, 2.45) is 5.92 Å². The molecule has 0 spiro atoms. The molecule has 2 N–H and O–H groups in total. The van der Waals surface area contributed by atoms with Gasteiger partial charge in [0.2, 0.25) is 10.9 Å². The van der Waals surface area contributed by atoms with Gasteiger partial charge >= 0.3 is 12.1 Å². The maximum absolute atomic E-state index is 13.5. The van der Waals surface area contributed by atoms with Gasteiger partial charge in [0.1, 0.15) is 12.6 Å². The van der Waals surface area contributed by atoms with Crippen molar-refractivity contribution < 1.29 is 23.9 Å². The molecule has 9 heteroatoms. The summed E-state index contributed by atoms with van der Waals surface area (Å²) >= 11 is 1.18. The fourth-order valence-corrected chi connectivity index (χ4v) is 4.46. The van der Waals surface area contributed by atoms with Crippen LogP contribution in [0.2, 0.25) is 0 Å². The van der Waals surface area contributed by atoms with Gasteiger partial charge in [-0.15, -0.1) is 11.3 Å². The Morgan fingerprint density at radius 3 is 2.19 bits per heavy atom. The Morgan fingerprint density at radius 1 is 0.919 bits per heavy atom. The number of carbonyl (C=O) groups is 3. The van der Waals surface area contributed by atoms with Crippen LogP contribution in [0.25, 0.3) is 0 Å². The minimum atomic E-state index is -0.872. The zero-order valence-electron chi connectivity index (χ0n) is 21.3. The third kappa shape index (κ3) is 9.02. The van der Waals surface area contributed by atoms with E-state index in [9.17, 15) is 14.4 Å². The molecule has 0 radical (unpaired) electrons. The topological polar surface area (TPSA) is 107 Å². The van der Waals surface area contributed by atoms with Gasteiger partial charge in [0.25, 0.3) is 0 Å². The average molecular weight is 524 g/mol. The van der Waals surface area contributed by atoms with Crippen LogP contribution in [0.4, 0.5) is 4.79 Å². The number of thiazole rings is 1. The first kappa shape index (κ1) is 27.9. The number of amides is 2. The number of aromatic nitrogens is 1. The van der Waals surface area contributed by atoms with E-state index >= 15 is 0 Å². The number of hydrogen-bond acceptors (Lipinski definition) is 7. The van der Waals surface area contributed by atoms with E-state index in [0.29, 0.717) is 12.1 Å². The highest BCUT2D eigenvalue weighted by Gasteiger charge is 2.27. The van der Waals surface area contributed by atoms with Crippen molar-refractivity contribution in [3.8, 4) is 0 Å². The Hall–Kier alpha value is -3.72. The van der Waals surface area contributed by atoms with Crippen LogP contribution in [0.3, 0.4) is 0 Å². The van der Waals surface area contributed by atoms with Gasteiger partial charge in [-0.25, -0.2) is 14.6 Å². The van der Waals surface area contributed by atoms with Crippen LogP contribution in [0.1, 0.15) is 59.9 Å². The summed E-state index contributed by atoms with van der Waals surface area (Å²) in [5, 5.41) is 7.75. The van der Waals surface area contributed by atoms with Gasteiger partial charge in [-0.3, -0.25) is 4.79 Å². The molecule has 1 heterocycles. The molecule has 0 saturated heterocycles. The van der Waals surface area contributed by atoms with Crippen molar-refractivity contribution in [3.63, 3.8) is 0 Å². The van der Waals surface area contributed by atoms with E-state index in [2.05, 4.69) is 15.6 Å². The van der Waals surface area contributed by atoms with Crippen LogP contribution in [0.15, 0.2) is 66.0 Å². The molecule has 0 bridgehead atoms. The summed E-state index contributed by atoms with van der Waals surface area (Å²) in [6.45, 7) is 6.17. The van der Waals surface area contributed by atoms with Crippen LogP contribution in [0.5, 0.6) is 0 Å².